The van der Waals surface area contributed by atoms with E-state index in [1.165, 1.54) is 20.2 Å². The Balaban J connectivity index is 2.44. The number of anilines is 1. The molecule has 0 radical (unpaired) electrons. The van der Waals surface area contributed by atoms with Gasteiger partial charge in [-0.3, -0.25) is 4.79 Å². The van der Waals surface area contributed by atoms with Gasteiger partial charge >= 0.3 is 0 Å². The number of benzene rings is 2. The maximum absolute atomic E-state index is 12.8. The van der Waals surface area contributed by atoms with Crippen molar-refractivity contribution in [2.45, 2.75) is 31.6 Å². The predicted molar refractivity (Wildman–Crippen MR) is 108 cm³/mol. The summed E-state index contributed by atoms with van der Waals surface area (Å²) in [6, 6.07) is 10.5. The first-order chi connectivity index (χ1) is 12.2. The Kier molecular flexibility index (Phi) is 6.60. The molecule has 0 spiro atoms. The first-order valence-electron chi connectivity index (χ1n) is 8.36. The lowest BCUT2D eigenvalue weighted by atomic mass is 10.0. The van der Waals surface area contributed by atoms with Crippen molar-refractivity contribution >= 4 is 37.5 Å². The van der Waals surface area contributed by atoms with Crippen LogP contribution in [0.2, 0.25) is 0 Å². The second kappa shape index (κ2) is 8.33. The van der Waals surface area contributed by atoms with Gasteiger partial charge in [-0.05, 0) is 58.1 Å². The molecule has 0 atom stereocenters. The molecule has 1 amide bonds. The molecule has 7 heteroatoms. The minimum absolute atomic E-state index is 0.0645. The van der Waals surface area contributed by atoms with Crippen LogP contribution in [0.3, 0.4) is 0 Å². The summed E-state index contributed by atoms with van der Waals surface area (Å²) in [7, 11) is -0.740. The molecule has 0 aromatic heterocycles. The first-order valence-corrected chi connectivity index (χ1v) is 10.6. The molecule has 1 N–H and O–H groups in total. The maximum Gasteiger partial charge on any atom is 0.255 e. The average molecular weight is 439 g/mol. The average Bonchev–Trinajstić information content (AvgIpc) is 2.61. The molecule has 2 rings (SSSR count). The quantitative estimate of drug-likeness (QED) is 0.738. The van der Waals surface area contributed by atoms with E-state index in [2.05, 4.69) is 21.2 Å². The molecule has 0 bridgehead atoms. The third kappa shape index (κ3) is 4.16. The smallest absolute Gasteiger partial charge is 0.255 e. The molecule has 140 valence electrons. The third-order valence-corrected chi connectivity index (χ3v) is 7.00. The number of halogens is 1. The van der Waals surface area contributed by atoms with Crippen LogP contribution in [-0.4, -0.2) is 32.7 Å². The summed E-state index contributed by atoms with van der Waals surface area (Å²) in [4.78, 5) is 12.8. The van der Waals surface area contributed by atoms with Gasteiger partial charge in [0.2, 0.25) is 10.0 Å². The summed E-state index contributed by atoms with van der Waals surface area (Å²) < 4.78 is 26.4. The lowest BCUT2D eigenvalue weighted by molar-refractivity contribution is 0.102. The van der Waals surface area contributed by atoms with Crippen LogP contribution in [0.5, 0.6) is 0 Å². The Hall–Kier alpha value is -1.70. The van der Waals surface area contributed by atoms with Gasteiger partial charge < -0.3 is 5.32 Å². The molecular weight excluding hydrogens is 416 g/mol. The lowest BCUT2D eigenvalue weighted by Crippen LogP contribution is -2.23. The zero-order valence-electron chi connectivity index (χ0n) is 15.3. The van der Waals surface area contributed by atoms with E-state index in [9.17, 15) is 13.2 Å². The fourth-order valence-corrected chi connectivity index (χ4v) is 4.47. The molecule has 0 fully saturated rings. The monoisotopic (exact) mass is 438 g/mol. The molecule has 2 aromatic carbocycles. The van der Waals surface area contributed by atoms with Gasteiger partial charge in [0.05, 0.1) is 4.90 Å². The summed E-state index contributed by atoms with van der Waals surface area (Å²) in [5.74, 6) is -0.330. The van der Waals surface area contributed by atoms with Crippen molar-refractivity contribution in [1.82, 2.24) is 4.31 Å². The van der Waals surface area contributed by atoms with Gasteiger partial charge in [-0.25, -0.2) is 12.7 Å². The fourth-order valence-electron chi connectivity index (χ4n) is 2.63. The number of amides is 1. The van der Waals surface area contributed by atoms with Crippen LogP contribution >= 0.6 is 15.9 Å². The highest BCUT2D eigenvalue weighted by Gasteiger charge is 2.22. The van der Waals surface area contributed by atoms with E-state index in [1.807, 2.05) is 32.0 Å². The largest absolute Gasteiger partial charge is 0.321 e. The van der Waals surface area contributed by atoms with Crippen LogP contribution < -0.4 is 5.32 Å². The number of carbonyl (C=O) groups is 1. The van der Waals surface area contributed by atoms with Crippen molar-refractivity contribution in [2.24, 2.45) is 0 Å². The van der Waals surface area contributed by atoms with Crippen molar-refractivity contribution in [1.29, 1.82) is 0 Å². The van der Waals surface area contributed by atoms with E-state index in [-0.39, 0.29) is 10.8 Å². The van der Waals surface area contributed by atoms with Gasteiger partial charge in [-0.2, -0.15) is 0 Å². The summed E-state index contributed by atoms with van der Waals surface area (Å²) >= 11 is 3.26. The number of nitrogens with one attached hydrogen (secondary N) is 1. The van der Waals surface area contributed by atoms with E-state index in [4.69, 9.17) is 0 Å². The summed E-state index contributed by atoms with van der Waals surface area (Å²) in [5, 5.41) is 2.96. The van der Waals surface area contributed by atoms with Crippen molar-refractivity contribution < 1.29 is 13.2 Å². The number of aryl methyl sites for hydroxylation is 2. The number of nitrogens with zero attached hydrogens (tertiary/aromatic N) is 1. The molecule has 0 heterocycles. The topological polar surface area (TPSA) is 66.5 Å². The molecule has 0 saturated carbocycles. The Morgan fingerprint density at radius 2 is 1.65 bits per heavy atom. The second-order valence-corrected chi connectivity index (χ2v) is 9.02. The van der Waals surface area contributed by atoms with Crippen LogP contribution in [0.1, 0.15) is 35.3 Å². The molecule has 0 unspecified atom stereocenters. The van der Waals surface area contributed by atoms with Crippen LogP contribution in [0.15, 0.2) is 45.8 Å². The van der Waals surface area contributed by atoms with Crippen LogP contribution in [0.25, 0.3) is 0 Å². The lowest BCUT2D eigenvalue weighted by Gasteiger charge is -2.16. The van der Waals surface area contributed by atoms with Crippen molar-refractivity contribution in [3.05, 3.63) is 57.6 Å². The second-order valence-electron chi connectivity index (χ2n) is 6.05. The van der Waals surface area contributed by atoms with Crippen molar-refractivity contribution in [3.63, 3.8) is 0 Å². The van der Waals surface area contributed by atoms with E-state index in [1.54, 1.807) is 12.1 Å². The zero-order valence-corrected chi connectivity index (χ0v) is 17.7. The number of hydrogen-bond acceptors (Lipinski definition) is 3. The molecule has 0 aliphatic heterocycles. The van der Waals surface area contributed by atoms with Gasteiger partial charge in [0.1, 0.15) is 0 Å². The molecule has 2 aromatic rings. The Morgan fingerprint density at radius 1 is 1.08 bits per heavy atom. The number of para-hydroxylation sites is 1. The van der Waals surface area contributed by atoms with Crippen LogP contribution in [-0.2, 0) is 22.9 Å². The van der Waals surface area contributed by atoms with E-state index in [0.29, 0.717) is 10.0 Å². The van der Waals surface area contributed by atoms with Crippen molar-refractivity contribution in [3.8, 4) is 0 Å². The van der Waals surface area contributed by atoms with Crippen molar-refractivity contribution in [2.75, 3.05) is 19.4 Å². The normalized spacial score (nSPS) is 11.6. The van der Waals surface area contributed by atoms with Crippen LogP contribution in [0.4, 0.5) is 5.69 Å². The van der Waals surface area contributed by atoms with Gasteiger partial charge in [0.25, 0.3) is 5.91 Å². The van der Waals surface area contributed by atoms with E-state index < -0.39 is 10.0 Å². The highest BCUT2D eigenvalue weighted by atomic mass is 79.9. The van der Waals surface area contributed by atoms with Gasteiger partial charge in [0.15, 0.2) is 0 Å². The third-order valence-electron chi connectivity index (χ3n) is 4.19. The zero-order chi connectivity index (χ0) is 19.5. The molecular formula is C19H23BrN2O3S. The number of hydrogen-bond donors (Lipinski definition) is 1. The summed E-state index contributed by atoms with van der Waals surface area (Å²) in [6.07, 6.45) is 1.59. The summed E-state index contributed by atoms with van der Waals surface area (Å²) in [6.45, 7) is 4.07. The predicted octanol–water partition coefficient (Wildman–Crippen LogP) is 4.08. The van der Waals surface area contributed by atoms with E-state index in [0.717, 1.165) is 34.0 Å². The molecule has 0 aliphatic carbocycles. The number of sulfonamides is 1. The van der Waals surface area contributed by atoms with Gasteiger partial charge in [-0.1, -0.05) is 32.0 Å². The standard InChI is InChI=1S/C19H23BrN2O3S/c1-5-13-8-7-9-14(6-2)18(13)21-19(23)15-10-11-16(20)17(12-15)26(24,25)22(3)4/h7-12H,5-6H2,1-4H3,(H,21,23). The minimum atomic E-state index is -3.66. The fraction of sp³-hybridized carbons (Fsp3) is 0.316. The van der Waals surface area contributed by atoms with Crippen LogP contribution in [0, 0.1) is 0 Å². The highest BCUT2D eigenvalue weighted by Crippen LogP contribution is 2.27. The maximum atomic E-state index is 12.8. The molecule has 0 saturated heterocycles. The highest BCUT2D eigenvalue weighted by molar-refractivity contribution is 9.10. The first kappa shape index (κ1) is 20.6. The minimum Gasteiger partial charge on any atom is -0.321 e. The Morgan fingerprint density at radius 3 is 2.15 bits per heavy atom. The Bertz CT molecular complexity index is 902. The van der Waals surface area contributed by atoms with Gasteiger partial charge in [-0.15, -0.1) is 0 Å². The number of carbonyl (C=O) groups excluding carboxylic acids is 1. The molecule has 5 nitrogen and oxygen atoms in total. The van der Waals surface area contributed by atoms with E-state index >= 15 is 0 Å². The number of rotatable bonds is 6. The van der Waals surface area contributed by atoms with Gasteiger partial charge in [0, 0.05) is 29.8 Å². The summed E-state index contributed by atoms with van der Waals surface area (Å²) in [5.41, 5.74) is 3.20. The molecule has 26 heavy (non-hydrogen) atoms. The Labute approximate surface area is 163 Å². The molecule has 0 aliphatic rings. The SMILES string of the molecule is CCc1cccc(CC)c1NC(=O)c1ccc(Br)c(S(=O)(=O)N(C)C)c1.